The van der Waals surface area contributed by atoms with Crippen molar-refractivity contribution in [3.63, 3.8) is 0 Å². The second-order valence-electron chi connectivity index (χ2n) is 2.37. The molecule has 6 heteroatoms. The molecule has 0 aromatic carbocycles. The van der Waals surface area contributed by atoms with E-state index in [1.165, 1.54) is 13.1 Å². The van der Waals surface area contributed by atoms with E-state index >= 15 is 0 Å². The number of carboxylic acid groups (broad SMARTS) is 1. The Morgan fingerprint density at radius 3 is 2.00 bits per heavy atom. The normalized spacial score (nSPS) is 15.4. The molecule has 0 aromatic rings. The molecule has 1 heterocycles. The van der Waals surface area contributed by atoms with Crippen molar-refractivity contribution in [1.29, 1.82) is 0 Å². The minimum Gasteiger partial charge on any atom is -0.480 e. The maximum atomic E-state index is 9.99. The number of aliphatic carboxylic acids is 1. The Morgan fingerprint density at radius 1 is 1.50 bits per heavy atom. The Labute approximate surface area is 69.9 Å². The smallest absolute Gasteiger partial charge is 0.321 e. The molecular weight excluding hydrogens is 162 g/mol. The van der Waals surface area contributed by atoms with Crippen molar-refractivity contribution < 1.29 is 14.7 Å². The second kappa shape index (κ2) is 5.50. The number of nitrogens with two attached hydrogens (primary N) is 2. The fraction of sp³-hybridized carbons (Fsp3) is 0.667. The number of carboxylic acids is 1. The monoisotopic (exact) mass is 175 g/mol. The van der Waals surface area contributed by atoms with E-state index in [1.807, 2.05) is 0 Å². The number of carbonyl (C=O) groups excluding carboxylic acids is 1. The van der Waals surface area contributed by atoms with Gasteiger partial charge in [0.2, 0.25) is 5.91 Å². The van der Waals surface area contributed by atoms with E-state index in [0.717, 1.165) is 0 Å². The van der Waals surface area contributed by atoms with Crippen molar-refractivity contribution >= 4 is 11.9 Å². The molecule has 0 aliphatic carbocycles. The van der Waals surface area contributed by atoms with Gasteiger partial charge in [0.25, 0.3) is 0 Å². The molecule has 1 unspecified atom stereocenters. The highest BCUT2D eigenvalue weighted by molar-refractivity contribution is 5.82. The van der Waals surface area contributed by atoms with E-state index in [9.17, 15) is 9.59 Å². The van der Waals surface area contributed by atoms with Crippen LogP contribution in [0.25, 0.3) is 0 Å². The Hall–Kier alpha value is -1.14. The van der Waals surface area contributed by atoms with Gasteiger partial charge in [-0.25, -0.2) is 0 Å². The molecule has 0 saturated carbocycles. The highest BCUT2D eigenvalue weighted by Gasteiger charge is 2.13. The van der Waals surface area contributed by atoms with Crippen LogP contribution in [0.1, 0.15) is 6.42 Å². The third-order valence-electron chi connectivity index (χ3n) is 0.988. The molecular formula is C6H13N3O3. The van der Waals surface area contributed by atoms with Gasteiger partial charge in [-0.05, 0) is 0 Å². The summed E-state index contributed by atoms with van der Waals surface area (Å²) < 4.78 is 0. The van der Waals surface area contributed by atoms with Crippen LogP contribution in [0.5, 0.6) is 0 Å². The maximum absolute atomic E-state index is 9.99. The lowest BCUT2D eigenvalue weighted by atomic mass is 10.2. The lowest BCUT2D eigenvalue weighted by Crippen LogP contribution is -2.34. The zero-order valence-corrected chi connectivity index (χ0v) is 6.62. The molecule has 0 bridgehead atoms. The summed E-state index contributed by atoms with van der Waals surface area (Å²) in [6.45, 7) is 2.50. The molecule has 1 fully saturated rings. The summed E-state index contributed by atoms with van der Waals surface area (Å²) in [6, 6.07) is -1.16. The third kappa shape index (κ3) is 8.86. The fourth-order valence-corrected chi connectivity index (χ4v) is 0.304. The SMILES string of the molecule is C1CN1.NC(=O)CC(N)C(=O)O. The predicted molar refractivity (Wildman–Crippen MR) is 42.3 cm³/mol. The van der Waals surface area contributed by atoms with E-state index in [1.54, 1.807) is 0 Å². The molecule has 6 N–H and O–H groups in total. The van der Waals surface area contributed by atoms with E-state index in [-0.39, 0.29) is 6.42 Å². The first-order valence-corrected chi connectivity index (χ1v) is 3.51. The predicted octanol–water partition coefficient (Wildman–Crippen LogP) is -2.14. The molecule has 0 aromatic heterocycles. The number of amides is 1. The summed E-state index contributed by atoms with van der Waals surface area (Å²) in [5, 5.41) is 11.1. The van der Waals surface area contributed by atoms with E-state index in [0.29, 0.717) is 0 Å². The number of primary amides is 1. The number of hydrogen-bond donors (Lipinski definition) is 4. The van der Waals surface area contributed by atoms with Crippen LogP contribution < -0.4 is 16.8 Å². The minimum atomic E-state index is -1.21. The highest BCUT2D eigenvalue weighted by Crippen LogP contribution is 1.84. The second-order valence-corrected chi connectivity index (χ2v) is 2.37. The molecule has 0 radical (unpaired) electrons. The summed E-state index contributed by atoms with van der Waals surface area (Å²) in [7, 11) is 0. The van der Waals surface area contributed by atoms with Crippen LogP contribution >= 0.6 is 0 Å². The Balaban J connectivity index is 0.000000330. The van der Waals surface area contributed by atoms with Crippen LogP contribution in [0, 0.1) is 0 Å². The minimum absolute atomic E-state index is 0.310. The number of nitrogens with one attached hydrogen (secondary N) is 1. The first-order chi connectivity index (χ1) is 5.54. The Bertz CT molecular complexity index is 167. The molecule has 12 heavy (non-hydrogen) atoms. The maximum Gasteiger partial charge on any atom is 0.321 e. The van der Waals surface area contributed by atoms with E-state index in [2.05, 4.69) is 11.1 Å². The van der Waals surface area contributed by atoms with Gasteiger partial charge in [0.1, 0.15) is 6.04 Å². The molecule has 70 valence electrons. The van der Waals surface area contributed by atoms with E-state index in [4.69, 9.17) is 10.8 Å². The van der Waals surface area contributed by atoms with Crippen molar-refractivity contribution in [1.82, 2.24) is 5.32 Å². The molecule has 6 nitrogen and oxygen atoms in total. The van der Waals surface area contributed by atoms with Gasteiger partial charge in [-0.1, -0.05) is 0 Å². The number of carbonyl (C=O) groups is 2. The lowest BCUT2D eigenvalue weighted by molar-refractivity contribution is -0.140. The van der Waals surface area contributed by atoms with Gasteiger partial charge >= 0.3 is 5.97 Å². The van der Waals surface area contributed by atoms with Crippen molar-refractivity contribution in [2.45, 2.75) is 12.5 Å². The van der Waals surface area contributed by atoms with Crippen LogP contribution in [0.3, 0.4) is 0 Å². The highest BCUT2D eigenvalue weighted by atomic mass is 16.4. The van der Waals surface area contributed by atoms with Crippen LogP contribution in [-0.4, -0.2) is 36.1 Å². The Morgan fingerprint density at radius 2 is 1.92 bits per heavy atom. The fourth-order valence-electron chi connectivity index (χ4n) is 0.304. The topological polar surface area (TPSA) is 128 Å². The molecule has 1 aliphatic heterocycles. The van der Waals surface area contributed by atoms with Gasteiger partial charge in [-0.2, -0.15) is 0 Å². The van der Waals surface area contributed by atoms with Gasteiger partial charge in [-0.15, -0.1) is 0 Å². The van der Waals surface area contributed by atoms with E-state index < -0.39 is 17.9 Å². The van der Waals surface area contributed by atoms with Gasteiger partial charge < -0.3 is 21.9 Å². The molecule has 1 saturated heterocycles. The molecule has 1 amide bonds. The standard InChI is InChI=1S/C4H8N2O3.C2H5N/c5-2(4(8)9)1-3(6)7;1-2-3-1/h2H,1,5H2,(H2,6,7)(H,8,9);3H,1-2H2. The zero-order chi connectivity index (χ0) is 9.56. The van der Waals surface area contributed by atoms with Crippen molar-refractivity contribution in [2.75, 3.05) is 13.1 Å². The molecule has 1 rings (SSSR count). The zero-order valence-electron chi connectivity index (χ0n) is 6.62. The van der Waals surface area contributed by atoms with Crippen molar-refractivity contribution in [3.05, 3.63) is 0 Å². The Kier molecular flexibility index (Phi) is 4.98. The largest absolute Gasteiger partial charge is 0.480 e. The third-order valence-corrected chi connectivity index (χ3v) is 0.988. The summed E-state index contributed by atoms with van der Waals surface area (Å²) in [5.74, 6) is -1.92. The average molecular weight is 175 g/mol. The average Bonchev–Trinajstić information content (AvgIpc) is 2.68. The van der Waals surface area contributed by atoms with Crippen molar-refractivity contribution in [2.24, 2.45) is 11.5 Å². The molecule has 1 aliphatic rings. The summed E-state index contributed by atoms with van der Waals surface area (Å²) in [4.78, 5) is 19.9. The first-order valence-electron chi connectivity index (χ1n) is 3.51. The molecule has 0 spiro atoms. The summed E-state index contributed by atoms with van der Waals surface area (Å²) in [6.07, 6.45) is -0.310. The number of rotatable bonds is 3. The first kappa shape index (κ1) is 10.9. The molecule has 1 atom stereocenters. The van der Waals surface area contributed by atoms with Crippen molar-refractivity contribution in [3.8, 4) is 0 Å². The van der Waals surface area contributed by atoms with Gasteiger partial charge in [0.15, 0.2) is 0 Å². The summed E-state index contributed by atoms with van der Waals surface area (Å²) >= 11 is 0. The van der Waals surface area contributed by atoms with Gasteiger partial charge in [-0.3, -0.25) is 9.59 Å². The quantitative estimate of drug-likeness (QED) is 0.364. The summed E-state index contributed by atoms with van der Waals surface area (Å²) in [5.41, 5.74) is 9.57. The van der Waals surface area contributed by atoms with Crippen LogP contribution in [0.15, 0.2) is 0 Å². The van der Waals surface area contributed by atoms with Crippen LogP contribution in [0.2, 0.25) is 0 Å². The van der Waals surface area contributed by atoms with Gasteiger partial charge in [0.05, 0.1) is 6.42 Å². The van der Waals surface area contributed by atoms with Crippen LogP contribution in [0.4, 0.5) is 0 Å². The number of hydrogen-bond acceptors (Lipinski definition) is 4. The lowest BCUT2D eigenvalue weighted by Gasteiger charge is -1.99. The van der Waals surface area contributed by atoms with Gasteiger partial charge in [0, 0.05) is 13.1 Å². The van der Waals surface area contributed by atoms with Crippen LogP contribution in [-0.2, 0) is 9.59 Å².